The van der Waals surface area contributed by atoms with Gasteiger partial charge in [0.15, 0.2) is 0 Å². The summed E-state index contributed by atoms with van der Waals surface area (Å²) in [5, 5.41) is 11.3. The highest BCUT2D eigenvalue weighted by Gasteiger charge is 2.47. The molecule has 1 aliphatic rings. The Hall–Kier alpha value is -4.00. The molecule has 0 spiro atoms. The van der Waals surface area contributed by atoms with Crippen molar-refractivity contribution in [1.29, 1.82) is 0 Å². The first-order valence-corrected chi connectivity index (χ1v) is 10.5. The lowest BCUT2D eigenvalue weighted by molar-refractivity contribution is -0.140. The van der Waals surface area contributed by atoms with E-state index in [1.54, 1.807) is 30.3 Å². The molecule has 7 nitrogen and oxygen atoms in total. The summed E-state index contributed by atoms with van der Waals surface area (Å²) in [5.74, 6) is -0.662. The third-order valence-electron chi connectivity index (χ3n) is 5.86. The molecule has 3 aromatic rings. The van der Waals surface area contributed by atoms with Gasteiger partial charge in [-0.25, -0.2) is 0 Å². The lowest BCUT2D eigenvalue weighted by Crippen LogP contribution is -2.29. The Labute approximate surface area is 191 Å². The number of ether oxygens (including phenoxy) is 2. The van der Waals surface area contributed by atoms with E-state index in [4.69, 9.17) is 13.9 Å². The van der Waals surface area contributed by atoms with Crippen LogP contribution in [0.15, 0.2) is 64.8 Å². The van der Waals surface area contributed by atoms with Crippen molar-refractivity contribution >= 4 is 17.4 Å². The van der Waals surface area contributed by atoms with Crippen LogP contribution in [0.5, 0.6) is 11.5 Å². The molecule has 0 bridgehead atoms. The number of aliphatic hydroxyl groups is 1. The molecule has 0 radical (unpaired) electrons. The van der Waals surface area contributed by atoms with Crippen LogP contribution in [0.1, 0.15) is 34.1 Å². The molecule has 1 N–H and O–H groups in total. The molecule has 2 heterocycles. The van der Waals surface area contributed by atoms with Crippen LogP contribution >= 0.6 is 0 Å². The molecular weight excluding hydrogens is 422 g/mol. The van der Waals surface area contributed by atoms with Gasteiger partial charge in [0.05, 0.1) is 31.6 Å². The third-order valence-corrected chi connectivity index (χ3v) is 5.86. The van der Waals surface area contributed by atoms with Crippen LogP contribution < -0.4 is 9.47 Å². The maximum Gasteiger partial charge on any atom is 0.296 e. The number of likely N-dealkylation sites (tertiary alicyclic amines) is 1. The number of nitrogens with zero attached hydrogens (tertiary/aromatic N) is 1. The number of methoxy groups -OCH3 is 2. The summed E-state index contributed by atoms with van der Waals surface area (Å²) >= 11 is 0. The minimum atomic E-state index is -0.893. The van der Waals surface area contributed by atoms with E-state index in [1.807, 2.05) is 32.0 Å². The molecule has 1 saturated heterocycles. The Morgan fingerprint density at radius 2 is 1.85 bits per heavy atom. The first-order valence-electron chi connectivity index (χ1n) is 10.5. The molecule has 4 rings (SSSR count). The molecule has 2 aromatic carbocycles. The highest BCUT2D eigenvalue weighted by atomic mass is 16.5. The van der Waals surface area contributed by atoms with E-state index in [0.717, 1.165) is 16.7 Å². The van der Waals surface area contributed by atoms with E-state index in [-0.39, 0.29) is 23.4 Å². The highest BCUT2D eigenvalue weighted by Crippen LogP contribution is 2.42. The minimum absolute atomic E-state index is 0.0631. The van der Waals surface area contributed by atoms with Crippen molar-refractivity contribution in [1.82, 2.24) is 4.90 Å². The lowest BCUT2D eigenvalue weighted by atomic mass is 9.98. The second-order valence-corrected chi connectivity index (χ2v) is 7.94. The fourth-order valence-electron chi connectivity index (χ4n) is 4.08. The van der Waals surface area contributed by atoms with E-state index in [2.05, 4.69) is 0 Å². The number of furan rings is 1. The molecule has 170 valence electrons. The lowest BCUT2D eigenvalue weighted by Gasteiger charge is -2.24. The Bertz CT molecular complexity index is 1240. The van der Waals surface area contributed by atoms with Crippen molar-refractivity contribution in [3.8, 4) is 11.5 Å². The van der Waals surface area contributed by atoms with Crippen LogP contribution in [-0.2, 0) is 16.1 Å². The van der Waals surface area contributed by atoms with Crippen LogP contribution in [0, 0.1) is 13.8 Å². The van der Waals surface area contributed by atoms with Crippen molar-refractivity contribution in [2.24, 2.45) is 0 Å². The third kappa shape index (κ3) is 3.98. The van der Waals surface area contributed by atoms with Crippen LogP contribution in [0.3, 0.4) is 0 Å². The number of rotatable bonds is 6. The van der Waals surface area contributed by atoms with Gasteiger partial charge in [-0.3, -0.25) is 9.59 Å². The molecule has 33 heavy (non-hydrogen) atoms. The van der Waals surface area contributed by atoms with Crippen molar-refractivity contribution in [3.05, 3.63) is 88.4 Å². The van der Waals surface area contributed by atoms with Gasteiger partial charge in [0, 0.05) is 6.54 Å². The van der Waals surface area contributed by atoms with E-state index in [1.165, 1.54) is 25.4 Å². The second-order valence-electron chi connectivity index (χ2n) is 7.94. The SMILES string of the molecule is COc1ccc(OC)c(/C(O)=C2/C(=O)C(=O)N(Cc3cc(C)ccc3C)C2c2ccco2)c1. The number of benzene rings is 2. The molecule has 0 saturated carbocycles. The number of carbonyl (C=O) groups is 2. The van der Waals surface area contributed by atoms with Crippen molar-refractivity contribution in [2.45, 2.75) is 26.4 Å². The molecule has 1 aromatic heterocycles. The highest BCUT2D eigenvalue weighted by molar-refractivity contribution is 6.46. The van der Waals surface area contributed by atoms with Crippen LogP contribution in [0.2, 0.25) is 0 Å². The van der Waals surface area contributed by atoms with Gasteiger partial charge in [-0.15, -0.1) is 0 Å². The van der Waals surface area contributed by atoms with Gasteiger partial charge in [-0.05, 0) is 55.3 Å². The second kappa shape index (κ2) is 8.86. The molecule has 1 atom stereocenters. The molecule has 1 aliphatic heterocycles. The average Bonchev–Trinajstić information content (AvgIpc) is 3.43. The number of Topliss-reactive ketones (excluding diaryl/α,β-unsaturated/α-hetero) is 1. The Morgan fingerprint density at radius 1 is 1.06 bits per heavy atom. The summed E-state index contributed by atoms with van der Waals surface area (Å²) in [5.41, 5.74) is 3.13. The van der Waals surface area contributed by atoms with Crippen molar-refractivity contribution in [3.63, 3.8) is 0 Å². The summed E-state index contributed by atoms with van der Waals surface area (Å²) in [6, 6.07) is 13.3. The van der Waals surface area contributed by atoms with Gasteiger partial charge in [0.25, 0.3) is 11.7 Å². The number of aryl methyl sites for hydroxylation is 2. The van der Waals surface area contributed by atoms with Gasteiger partial charge >= 0.3 is 0 Å². The molecule has 7 heteroatoms. The number of aliphatic hydroxyl groups excluding tert-OH is 1. The quantitative estimate of drug-likeness (QED) is 0.339. The van der Waals surface area contributed by atoms with E-state index >= 15 is 0 Å². The molecule has 0 aliphatic carbocycles. The predicted octanol–water partition coefficient (Wildman–Crippen LogP) is 4.54. The van der Waals surface area contributed by atoms with Crippen molar-refractivity contribution < 1.29 is 28.6 Å². The zero-order chi connectivity index (χ0) is 23.7. The monoisotopic (exact) mass is 447 g/mol. The summed E-state index contributed by atoms with van der Waals surface area (Å²) < 4.78 is 16.3. The van der Waals surface area contributed by atoms with Gasteiger partial charge in [0.2, 0.25) is 0 Å². The Morgan fingerprint density at radius 3 is 2.52 bits per heavy atom. The largest absolute Gasteiger partial charge is 0.507 e. The van der Waals surface area contributed by atoms with Gasteiger partial charge in [0.1, 0.15) is 29.1 Å². The summed E-state index contributed by atoms with van der Waals surface area (Å²) in [6.45, 7) is 4.11. The zero-order valence-electron chi connectivity index (χ0n) is 18.9. The molecule has 1 amide bonds. The number of hydrogen-bond donors (Lipinski definition) is 1. The maximum atomic E-state index is 13.2. The van der Waals surface area contributed by atoms with Crippen molar-refractivity contribution in [2.75, 3.05) is 14.2 Å². The summed E-state index contributed by atoms with van der Waals surface area (Å²) in [7, 11) is 2.96. The number of carbonyl (C=O) groups excluding carboxylic acids is 2. The van der Waals surface area contributed by atoms with E-state index in [9.17, 15) is 14.7 Å². The maximum absolute atomic E-state index is 13.2. The summed E-state index contributed by atoms with van der Waals surface area (Å²) in [6.07, 6.45) is 1.47. The first kappa shape index (κ1) is 22.2. The van der Waals surface area contributed by atoms with Crippen LogP contribution in [-0.4, -0.2) is 35.9 Å². The number of amides is 1. The average molecular weight is 447 g/mol. The summed E-state index contributed by atoms with van der Waals surface area (Å²) in [4.78, 5) is 27.8. The van der Waals surface area contributed by atoms with Gasteiger partial charge in [-0.1, -0.05) is 23.8 Å². The van der Waals surface area contributed by atoms with E-state index < -0.39 is 17.7 Å². The standard InChI is InChI=1S/C26H25NO6/c1-15-7-8-16(2)17(12-15)14-27-23(21-6-5-11-33-21)22(25(29)26(27)30)24(28)19-13-18(31-3)9-10-20(19)32-4/h5-13,23,28H,14H2,1-4H3/b24-22-. The first-order chi connectivity index (χ1) is 15.8. The van der Waals surface area contributed by atoms with Gasteiger partial charge in [-0.2, -0.15) is 0 Å². The molecule has 1 fully saturated rings. The fraction of sp³-hybridized carbons (Fsp3) is 0.231. The van der Waals surface area contributed by atoms with Gasteiger partial charge < -0.3 is 23.9 Å². The van der Waals surface area contributed by atoms with Crippen LogP contribution in [0.25, 0.3) is 5.76 Å². The minimum Gasteiger partial charge on any atom is -0.507 e. The number of ketones is 1. The molecular formula is C26H25NO6. The fourth-order valence-corrected chi connectivity index (χ4v) is 4.08. The van der Waals surface area contributed by atoms with E-state index in [0.29, 0.717) is 17.3 Å². The smallest absolute Gasteiger partial charge is 0.296 e. The predicted molar refractivity (Wildman–Crippen MR) is 122 cm³/mol. The Kier molecular flexibility index (Phi) is 5.96. The topological polar surface area (TPSA) is 89.2 Å². The molecule has 1 unspecified atom stereocenters. The van der Waals surface area contributed by atoms with Crippen LogP contribution in [0.4, 0.5) is 0 Å². The number of hydrogen-bond acceptors (Lipinski definition) is 6. The zero-order valence-corrected chi connectivity index (χ0v) is 18.9. The normalized spacial score (nSPS) is 17.5. The Balaban J connectivity index is 1.89.